The molecule has 4 aliphatic rings. The van der Waals surface area contributed by atoms with Crippen LogP contribution in [0.25, 0.3) is 0 Å². The summed E-state index contributed by atoms with van der Waals surface area (Å²) in [5.74, 6) is 2.31. The van der Waals surface area contributed by atoms with Crippen LogP contribution in [0.15, 0.2) is 11.6 Å². The molecule has 2 N–H and O–H groups in total. The first-order chi connectivity index (χ1) is 12.9. The summed E-state index contributed by atoms with van der Waals surface area (Å²) in [5, 5.41) is 20.6. The molecule has 0 amide bonds. The van der Waals surface area contributed by atoms with E-state index in [4.69, 9.17) is 4.74 Å². The Hall–Kier alpha value is -0.380. The molecule has 7 atom stereocenters. The van der Waals surface area contributed by atoms with Gasteiger partial charge in [0.25, 0.3) is 0 Å². The Kier molecular flexibility index (Phi) is 5.08. The average Bonchev–Trinajstić information content (AvgIpc) is 2.91. The molecule has 0 aromatic carbocycles. The lowest BCUT2D eigenvalue weighted by molar-refractivity contribution is -0.104. The first kappa shape index (κ1) is 20.9. The Morgan fingerprint density at radius 3 is 2.54 bits per heavy atom. The number of allylic oxidation sites excluding steroid dienone is 1. The Morgan fingerprint density at radius 1 is 1.07 bits per heavy atom. The van der Waals surface area contributed by atoms with Gasteiger partial charge in [-0.3, -0.25) is 0 Å². The molecule has 160 valence electrons. The smallest absolute Gasteiger partial charge is 0.0657 e. The summed E-state index contributed by atoms with van der Waals surface area (Å²) in [7, 11) is 0. The van der Waals surface area contributed by atoms with Crippen molar-refractivity contribution in [1.82, 2.24) is 0 Å². The largest absolute Gasteiger partial charge is 0.390 e. The molecule has 0 heterocycles. The summed E-state index contributed by atoms with van der Waals surface area (Å²) in [6, 6.07) is 0. The van der Waals surface area contributed by atoms with E-state index in [9.17, 15) is 10.2 Å². The zero-order chi connectivity index (χ0) is 20.4. The van der Waals surface area contributed by atoms with Crippen LogP contribution >= 0.6 is 0 Å². The molecular formula is C25H42O3. The summed E-state index contributed by atoms with van der Waals surface area (Å²) in [4.78, 5) is 0. The summed E-state index contributed by atoms with van der Waals surface area (Å²) < 4.78 is 6.38. The molecule has 3 fully saturated rings. The third-order valence-electron chi connectivity index (χ3n) is 9.33. The topological polar surface area (TPSA) is 49.7 Å². The third kappa shape index (κ3) is 3.50. The van der Waals surface area contributed by atoms with Crippen LogP contribution in [0.1, 0.15) is 92.4 Å². The predicted molar refractivity (Wildman–Crippen MR) is 113 cm³/mol. The molecule has 0 unspecified atom stereocenters. The van der Waals surface area contributed by atoms with E-state index in [2.05, 4.69) is 19.9 Å². The quantitative estimate of drug-likeness (QED) is 0.645. The lowest BCUT2D eigenvalue weighted by atomic mass is 9.47. The molecule has 0 aromatic heterocycles. The van der Waals surface area contributed by atoms with Crippen molar-refractivity contribution in [3.05, 3.63) is 11.6 Å². The monoisotopic (exact) mass is 390 g/mol. The number of ether oxygens (including phenoxy) is 1. The maximum atomic E-state index is 10.6. The Bertz CT molecular complexity index is 630. The zero-order valence-electron chi connectivity index (χ0n) is 18.8. The van der Waals surface area contributed by atoms with Crippen LogP contribution in [-0.2, 0) is 4.74 Å². The van der Waals surface area contributed by atoms with Gasteiger partial charge in [0.2, 0.25) is 0 Å². The molecule has 3 nitrogen and oxygen atoms in total. The number of aliphatic hydroxyl groups is 2. The molecule has 0 saturated heterocycles. The lowest BCUT2D eigenvalue weighted by Gasteiger charge is -2.58. The van der Waals surface area contributed by atoms with Gasteiger partial charge in [0.1, 0.15) is 0 Å². The summed E-state index contributed by atoms with van der Waals surface area (Å²) in [6.07, 6.45) is 12.8. The average molecular weight is 391 g/mol. The molecule has 4 aliphatic carbocycles. The van der Waals surface area contributed by atoms with Crippen molar-refractivity contribution in [3.63, 3.8) is 0 Å². The van der Waals surface area contributed by atoms with Crippen molar-refractivity contribution in [2.45, 2.75) is 110 Å². The Morgan fingerprint density at radius 2 is 1.82 bits per heavy atom. The van der Waals surface area contributed by atoms with Crippen LogP contribution in [0.2, 0.25) is 0 Å². The zero-order valence-corrected chi connectivity index (χ0v) is 18.8. The highest BCUT2D eigenvalue weighted by molar-refractivity contribution is 5.26. The van der Waals surface area contributed by atoms with Gasteiger partial charge in [-0.15, -0.1) is 0 Å². The van der Waals surface area contributed by atoms with Crippen molar-refractivity contribution in [2.75, 3.05) is 6.61 Å². The molecule has 0 aliphatic heterocycles. The predicted octanol–water partition coefficient (Wildman–Crippen LogP) is 5.25. The molecule has 0 aromatic rings. The van der Waals surface area contributed by atoms with E-state index in [-0.39, 0.29) is 0 Å². The molecule has 0 spiro atoms. The third-order valence-corrected chi connectivity index (χ3v) is 9.33. The van der Waals surface area contributed by atoms with Gasteiger partial charge in [-0.1, -0.05) is 25.5 Å². The van der Waals surface area contributed by atoms with E-state index in [1.807, 2.05) is 20.8 Å². The summed E-state index contributed by atoms with van der Waals surface area (Å²) in [6.45, 7) is 11.4. The summed E-state index contributed by atoms with van der Waals surface area (Å²) in [5.41, 5.74) is 0.991. The molecule has 0 bridgehead atoms. The molecular weight excluding hydrogens is 348 g/mol. The fourth-order valence-electron chi connectivity index (χ4n) is 7.48. The van der Waals surface area contributed by atoms with E-state index in [1.165, 1.54) is 32.1 Å². The van der Waals surface area contributed by atoms with Gasteiger partial charge in [0.05, 0.1) is 17.3 Å². The molecule has 4 rings (SSSR count). The van der Waals surface area contributed by atoms with E-state index >= 15 is 0 Å². The highest BCUT2D eigenvalue weighted by Gasteiger charge is 2.59. The Labute approximate surface area is 171 Å². The van der Waals surface area contributed by atoms with Gasteiger partial charge in [-0.2, -0.15) is 0 Å². The van der Waals surface area contributed by atoms with Crippen LogP contribution in [0.5, 0.6) is 0 Å². The minimum absolute atomic E-state index is 0.294. The van der Waals surface area contributed by atoms with Crippen LogP contribution in [-0.4, -0.2) is 34.1 Å². The second-order valence-corrected chi connectivity index (χ2v) is 12.0. The van der Waals surface area contributed by atoms with Crippen molar-refractivity contribution in [1.29, 1.82) is 0 Å². The first-order valence-electron chi connectivity index (χ1n) is 11.7. The van der Waals surface area contributed by atoms with E-state index in [1.54, 1.807) is 5.57 Å². The maximum Gasteiger partial charge on any atom is 0.0657 e. The number of hydrogen-bond acceptors (Lipinski definition) is 3. The molecule has 0 radical (unpaired) electrons. The van der Waals surface area contributed by atoms with E-state index in [0.29, 0.717) is 30.0 Å². The van der Waals surface area contributed by atoms with E-state index < -0.39 is 11.2 Å². The highest BCUT2D eigenvalue weighted by atomic mass is 16.5. The van der Waals surface area contributed by atoms with Crippen LogP contribution < -0.4 is 0 Å². The van der Waals surface area contributed by atoms with Gasteiger partial charge in [0.15, 0.2) is 0 Å². The fourth-order valence-corrected chi connectivity index (χ4v) is 7.48. The number of hydrogen-bond donors (Lipinski definition) is 2. The van der Waals surface area contributed by atoms with Crippen molar-refractivity contribution in [3.8, 4) is 0 Å². The summed E-state index contributed by atoms with van der Waals surface area (Å²) >= 11 is 0. The van der Waals surface area contributed by atoms with Crippen LogP contribution in [0.3, 0.4) is 0 Å². The lowest BCUT2D eigenvalue weighted by Crippen LogP contribution is -2.52. The molecule has 28 heavy (non-hydrogen) atoms. The van der Waals surface area contributed by atoms with Gasteiger partial charge in [-0.05, 0) is 107 Å². The minimum Gasteiger partial charge on any atom is -0.390 e. The second-order valence-electron chi connectivity index (χ2n) is 12.0. The highest BCUT2D eigenvalue weighted by Crippen LogP contribution is 2.65. The Balaban J connectivity index is 1.49. The van der Waals surface area contributed by atoms with Crippen LogP contribution in [0, 0.1) is 28.6 Å². The van der Waals surface area contributed by atoms with Crippen molar-refractivity contribution < 1.29 is 14.9 Å². The second kappa shape index (κ2) is 6.82. The van der Waals surface area contributed by atoms with Crippen molar-refractivity contribution >= 4 is 0 Å². The van der Waals surface area contributed by atoms with Gasteiger partial charge < -0.3 is 14.9 Å². The fraction of sp³-hybridized carbons (Fsp3) is 0.920. The van der Waals surface area contributed by atoms with Crippen molar-refractivity contribution in [2.24, 2.45) is 28.6 Å². The first-order valence-corrected chi connectivity index (χ1v) is 11.7. The van der Waals surface area contributed by atoms with E-state index in [0.717, 1.165) is 37.0 Å². The normalized spacial score (nSPS) is 48.5. The van der Waals surface area contributed by atoms with Gasteiger partial charge in [0, 0.05) is 6.61 Å². The molecule has 3 heteroatoms. The standard InChI is InChI=1S/C25H42O3/c1-22(2,26)14-15-28-21-9-8-19-18-7-6-17-16-23(3,27)12-13-24(17,4)20(18)10-11-25(19,21)5/h6,18-21,26-27H,7-16H2,1-5H3/t18-,19-,20-,21-,23-,24-,25-/m0/s1. The van der Waals surface area contributed by atoms with Gasteiger partial charge in [-0.25, -0.2) is 0 Å². The van der Waals surface area contributed by atoms with Crippen LogP contribution in [0.4, 0.5) is 0 Å². The SMILES string of the molecule is CC(C)(O)CCO[C@H]1CC[C@H]2[C@@H]3CC=C4C[C@@](C)(O)CC[C@]4(C)[C@H]3CC[C@]12C. The van der Waals surface area contributed by atoms with Gasteiger partial charge >= 0.3 is 0 Å². The molecule has 3 saturated carbocycles. The number of fused-ring (bicyclic) bond motifs is 5. The maximum absolute atomic E-state index is 10.6. The number of rotatable bonds is 4. The minimum atomic E-state index is -0.641.